The van der Waals surface area contributed by atoms with Gasteiger partial charge in [0.2, 0.25) is 0 Å². The molecule has 4 heteroatoms. The van der Waals surface area contributed by atoms with E-state index in [1.165, 1.54) is 45.1 Å². The Morgan fingerprint density at radius 1 is 1.26 bits per heavy atom. The second-order valence-electron chi connectivity index (χ2n) is 6.27. The molecule has 0 aromatic rings. The maximum absolute atomic E-state index is 10.8. The molecule has 19 heavy (non-hydrogen) atoms. The summed E-state index contributed by atoms with van der Waals surface area (Å²) in [5, 5.41) is 12.5. The van der Waals surface area contributed by atoms with E-state index in [0.717, 1.165) is 19.0 Å². The van der Waals surface area contributed by atoms with E-state index in [0.29, 0.717) is 12.1 Å². The molecule has 1 saturated heterocycles. The Balaban J connectivity index is 1.89. The first-order valence-corrected chi connectivity index (χ1v) is 7.87. The molecule has 0 radical (unpaired) electrons. The third-order valence-corrected chi connectivity index (χ3v) is 4.62. The van der Waals surface area contributed by atoms with Crippen molar-refractivity contribution in [2.45, 2.75) is 76.4 Å². The van der Waals surface area contributed by atoms with Crippen molar-refractivity contribution in [3.63, 3.8) is 0 Å². The quantitative estimate of drug-likeness (QED) is 0.821. The van der Waals surface area contributed by atoms with Gasteiger partial charge in [-0.3, -0.25) is 9.69 Å². The highest BCUT2D eigenvalue weighted by atomic mass is 16.4. The number of carbonyl (C=O) groups is 1. The molecule has 1 saturated carbocycles. The van der Waals surface area contributed by atoms with Gasteiger partial charge < -0.3 is 10.4 Å². The summed E-state index contributed by atoms with van der Waals surface area (Å²) in [6.07, 6.45) is 9.00. The Morgan fingerprint density at radius 2 is 2.00 bits per heavy atom. The Bertz CT molecular complexity index is 290. The minimum atomic E-state index is -0.678. The zero-order valence-electron chi connectivity index (χ0n) is 12.1. The van der Waals surface area contributed by atoms with Crippen molar-refractivity contribution in [2.24, 2.45) is 0 Å². The fraction of sp³-hybridized carbons (Fsp3) is 0.933. The van der Waals surface area contributed by atoms with Crippen LogP contribution < -0.4 is 5.32 Å². The van der Waals surface area contributed by atoms with Crippen LogP contribution in [0.4, 0.5) is 0 Å². The maximum Gasteiger partial charge on any atom is 0.303 e. The van der Waals surface area contributed by atoms with Gasteiger partial charge in [-0.15, -0.1) is 0 Å². The van der Waals surface area contributed by atoms with Crippen molar-refractivity contribution >= 4 is 5.97 Å². The molecule has 1 heterocycles. The maximum atomic E-state index is 10.8. The van der Waals surface area contributed by atoms with Gasteiger partial charge in [-0.25, -0.2) is 0 Å². The fourth-order valence-electron chi connectivity index (χ4n) is 3.52. The van der Waals surface area contributed by atoms with Gasteiger partial charge in [0.15, 0.2) is 0 Å². The number of aliphatic carboxylic acids is 1. The van der Waals surface area contributed by atoms with Gasteiger partial charge in [0.25, 0.3) is 0 Å². The average molecular weight is 268 g/mol. The van der Waals surface area contributed by atoms with E-state index in [-0.39, 0.29) is 6.42 Å². The minimum Gasteiger partial charge on any atom is -0.481 e. The van der Waals surface area contributed by atoms with Crippen LogP contribution in [0, 0.1) is 0 Å². The number of hydrogen-bond donors (Lipinski definition) is 2. The van der Waals surface area contributed by atoms with E-state index in [2.05, 4.69) is 17.1 Å². The first-order valence-electron chi connectivity index (χ1n) is 7.87. The molecule has 2 aliphatic rings. The topological polar surface area (TPSA) is 52.6 Å². The lowest BCUT2D eigenvalue weighted by Crippen LogP contribution is -2.44. The monoisotopic (exact) mass is 268 g/mol. The highest BCUT2D eigenvalue weighted by Crippen LogP contribution is 2.24. The molecule has 2 unspecified atom stereocenters. The normalized spacial score (nSPS) is 31.0. The van der Waals surface area contributed by atoms with Crippen molar-refractivity contribution in [2.75, 3.05) is 13.1 Å². The van der Waals surface area contributed by atoms with Gasteiger partial charge in [0.05, 0.1) is 0 Å². The lowest BCUT2D eigenvalue weighted by atomic mass is 9.93. The van der Waals surface area contributed by atoms with Crippen LogP contribution in [0.25, 0.3) is 0 Å². The zero-order valence-corrected chi connectivity index (χ0v) is 12.1. The van der Waals surface area contributed by atoms with Crippen LogP contribution in [0.5, 0.6) is 0 Å². The molecule has 110 valence electrons. The number of nitrogens with one attached hydrogen (secondary N) is 1. The van der Waals surface area contributed by atoms with E-state index in [4.69, 9.17) is 5.11 Å². The van der Waals surface area contributed by atoms with Crippen LogP contribution in [0.15, 0.2) is 0 Å². The Hall–Kier alpha value is -0.610. The molecule has 2 rings (SSSR count). The van der Waals surface area contributed by atoms with Gasteiger partial charge in [-0.1, -0.05) is 19.3 Å². The lowest BCUT2D eigenvalue weighted by Gasteiger charge is -2.35. The van der Waals surface area contributed by atoms with Crippen LogP contribution in [-0.2, 0) is 4.79 Å². The number of carboxylic acids is 1. The van der Waals surface area contributed by atoms with Crippen LogP contribution in [-0.4, -0.2) is 47.2 Å². The van der Waals surface area contributed by atoms with Crippen molar-refractivity contribution in [3.8, 4) is 0 Å². The Kier molecular flexibility index (Phi) is 5.64. The molecule has 0 aromatic heterocycles. The summed E-state index contributed by atoms with van der Waals surface area (Å²) in [6.45, 7) is 4.42. The van der Waals surface area contributed by atoms with E-state index in [1.807, 2.05) is 0 Å². The molecule has 1 aliphatic heterocycles. The second-order valence-corrected chi connectivity index (χ2v) is 6.27. The fourth-order valence-corrected chi connectivity index (χ4v) is 3.52. The third kappa shape index (κ3) is 4.77. The SMILES string of the molecule is CC1CCN(C2CCCCC2)CC(CCC(=O)O)N1. The van der Waals surface area contributed by atoms with Crippen LogP contribution in [0.1, 0.15) is 58.3 Å². The van der Waals surface area contributed by atoms with E-state index < -0.39 is 5.97 Å². The summed E-state index contributed by atoms with van der Waals surface area (Å²) in [4.78, 5) is 13.4. The van der Waals surface area contributed by atoms with Gasteiger partial charge in [-0.05, 0) is 39.2 Å². The van der Waals surface area contributed by atoms with E-state index in [1.54, 1.807) is 0 Å². The summed E-state index contributed by atoms with van der Waals surface area (Å²) >= 11 is 0. The molecule has 4 nitrogen and oxygen atoms in total. The van der Waals surface area contributed by atoms with Crippen LogP contribution in [0.2, 0.25) is 0 Å². The van der Waals surface area contributed by atoms with Crippen molar-refractivity contribution in [1.82, 2.24) is 10.2 Å². The average Bonchev–Trinajstić information content (AvgIpc) is 2.59. The summed E-state index contributed by atoms with van der Waals surface area (Å²) in [5.74, 6) is -0.678. The molecule has 1 aliphatic carbocycles. The first kappa shape index (κ1) is 14.8. The van der Waals surface area contributed by atoms with Crippen molar-refractivity contribution in [3.05, 3.63) is 0 Å². The molecular formula is C15H28N2O2. The first-order chi connectivity index (χ1) is 9.15. The third-order valence-electron chi connectivity index (χ3n) is 4.62. The number of rotatable bonds is 4. The second kappa shape index (κ2) is 7.25. The highest BCUT2D eigenvalue weighted by Gasteiger charge is 2.27. The largest absolute Gasteiger partial charge is 0.481 e. The molecule has 2 fully saturated rings. The molecule has 2 atom stereocenters. The van der Waals surface area contributed by atoms with Gasteiger partial charge >= 0.3 is 5.97 Å². The molecule has 0 spiro atoms. The summed E-state index contributed by atoms with van der Waals surface area (Å²) < 4.78 is 0. The molecule has 2 N–H and O–H groups in total. The summed E-state index contributed by atoms with van der Waals surface area (Å²) in [6, 6.07) is 1.59. The standard InChI is InChI=1S/C15H28N2O2/c1-12-9-10-17(14-5-3-2-4-6-14)11-13(16-12)7-8-15(18)19/h12-14,16H,2-11H2,1H3,(H,18,19). The smallest absolute Gasteiger partial charge is 0.303 e. The van der Waals surface area contributed by atoms with Crippen LogP contribution in [0.3, 0.4) is 0 Å². The van der Waals surface area contributed by atoms with Crippen molar-refractivity contribution in [1.29, 1.82) is 0 Å². The number of carboxylic acid groups (broad SMARTS) is 1. The summed E-state index contributed by atoms with van der Waals surface area (Å²) in [5.41, 5.74) is 0. The predicted molar refractivity (Wildman–Crippen MR) is 76.3 cm³/mol. The molecule has 0 bridgehead atoms. The van der Waals surface area contributed by atoms with Gasteiger partial charge in [-0.2, -0.15) is 0 Å². The minimum absolute atomic E-state index is 0.281. The Labute approximate surface area is 116 Å². The van der Waals surface area contributed by atoms with Crippen LogP contribution >= 0.6 is 0 Å². The number of nitrogens with zero attached hydrogens (tertiary/aromatic N) is 1. The molecule has 0 amide bonds. The zero-order chi connectivity index (χ0) is 13.7. The predicted octanol–water partition coefficient (Wildman–Crippen LogP) is 2.24. The number of hydrogen-bond acceptors (Lipinski definition) is 3. The van der Waals surface area contributed by atoms with Crippen molar-refractivity contribution < 1.29 is 9.90 Å². The lowest BCUT2D eigenvalue weighted by molar-refractivity contribution is -0.137. The Morgan fingerprint density at radius 3 is 2.68 bits per heavy atom. The van der Waals surface area contributed by atoms with Gasteiger partial charge in [0.1, 0.15) is 0 Å². The van der Waals surface area contributed by atoms with E-state index in [9.17, 15) is 4.79 Å². The van der Waals surface area contributed by atoms with Gasteiger partial charge in [0, 0.05) is 31.1 Å². The summed E-state index contributed by atoms with van der Waals surface area (Å²) in [7, 11) is 0. The molecular weight excluding hydrogens is 240 g/mol. The van der Waals surface area contributed by atoms with E-state index >= 15 is 0 Å². The highest BCUT2D eigenvalue weighted by molar-refractivity contribution is 5.66. The molecule has 0 aromatic carbocycles.